The van der Waals surface area contributed by atoms with Gasteiger partial charge in [0.15, 0.2) is 0 Å². The number of amides is 2. The zero-order valence-corrected chi connectivity index (χ0v) is 16.2. The van der Waals surface area contributed by atoms with Gasteiger partial charge in [-0.25, -0.2) is 5.43 Å². The van der Waals surface area contributed by atoms with Gasteiger partial charge in [-0.1, -0.05) is 0 Å². The van der Waals surface area contributed by atoms with Crippen LogP contribution in [0.15, 0.2) is 64.1 Å². The minimum atomic E-state index is -0.987. The van der Waals surface area contributed by atoms with Crippen LogP contribution < -0.4 is 10.7 Å². The SMILES string of the molecule is Cc1cc([N+](=O)[O-])ccc1-c1ccc(C=NNC(=O)C(=O)Nc2ccc(C#N)cc2)o1. The van der Waals surface area contributed by atoms with E-state index in [9.17, 15) is 19.7 Å². The van der Waals surface area contributed by atoms with Crippen molar-refractivity contribution in [2.75, 3.05) is 5.32 Å². The molecule has 10 nitrogen and oxygen atoms in total. The van der Waals surface area contributed by atoms with Crippen LogP contribution in [-0.4, -0.2) is 23.0 Å². The Kier molecular flexibility index (Phi) is 6.18. The summed E-state index contributed by atoms with van der Waals surface area (Å²) in [4.78, 5) is 34.1. The highest BCUT2D eigenvalue weighted by Crippen LogP contribution is 2.28. The van der Waals surface area contributed by atoms with Gasteiger partial charge in [0.05, 0.1) is 22.8 Å². The maximum absolute atomic E-state index is 11.9. The lowest BCUT2D eigenvalue weighted by Gasteiger charge is -2.03. The molecule has 3 aromatic rings. The molecule has 0 spiro atoms. The predicted octanol–water partition coefficient (Wildman–Crippen LogP) is 3.12. The third-order valence-electron chi connectivity index (χ3n) is 4.15. The molecule has 0 aliphatic rings. The number of nitriles is 1. The molecule has 0 bridgehead atoms. The number of hydrogen-bond donors (Lipinski definition) is 2. The van der Waals surface area contributed by atoms with Crippen molar-refractivity contribution in [2.45, 2.75) is 6.92 Å². The van der Waals surface area contributed by atoms with Crippen LogP contribution in [0.5, 0.6) is 0 Å². The van der Waals surface area contributed by atoms with E-state index in [0.717, 1.165) is 0 Å². The highest BCUT2D eigenvalue weighted by molar-refractivity contribution is 6.39. The number of nitro benzene ring substituents is 1. The van der Waals surface area contributed by atoms with Gasteiger partial charge in [0.25, 0.3) is 5.69 Å². The summed E-state index contributed by atoms with van der Waals surface area (Å²) >= 11 is 0. The average molecular weight is 417 g/mol. The van der Waals surface area contributed by atoms with E-state index >= 15 is 0 Å². The van der Waals surface area contributed by atoms with Crippen molar-refractivity contribution in [3.05, 3.63) is 81.6 Å². The van der Waals surface area contributed by atoms with Crippen molar-refractivity contribution in [3.63, 3.8) is 0 Å². The lowest BCUT2D eigenvalue weighted by molar-refractivity contribution is -0.384. The number of nitro groups is 1. The average Bonchev–Trinajstić information content (AvgIpc) is 3.22. The molecular weight excluding hydrogens is 402 g/mol. The van der Waals surface area contributed by atoms with Crippen LogP contribution in [0.1, 0.15) is 16.9 Å². The molecule has 1 aromatic heterocycles. The number of carbonyl (C=O) groups is 2. The summed E-state index contributed by atoms with van der Waals surface area (Å²) < 4.78 is 5.61. The lowest BCUT2D eigenvalue weighted by atomic mass is 10.1. The number of rotatable bonds is 5. The maximum atomic E-state index is 11.9. The van der Waals surface area contributed by atoms with Crippen LogP contribution in [0.4, 0.5) is 11.4 Å². The van der Waals surface area contributed by atoms with Crippen LogP contribution >= 0.6 is 0 Å². The van der Waals surface area contributed by atoms with E-state index in [1.54, 1.807) is 25.1 Å². The number of hydrogen-bond acceptors (Lipinski definition) is 7. The molecule has 0 saturated heterocycles. The lowest BCUT2D eigenvalue weighted by Crippen LogP contribution is -2.32. The van der Waals surface area contributed by atoms with E-state index in [4.69, 9.17) is 9.68 Å². The number of benzene rings is 2. The molecule has 0 aliphatic heterocycles. The molecular formula is C21H15N5O5. The second kappa shape index (κ2) is 9.15. The number of carbonyl (C=O) groups excluding carboxylic acids is 2. The van der Waals surface area contributed by atoms with Gasteiger partial charge in [-0.2, -0.15) is 10.4 Å². The number of nitrogens with one attached hydrogen (secondary N) is 2. The largest absolute Gasteiger partial charge is 0.455 e. The van der Waals surface area contributed by atoms with Crippen molar-refractivity contribution in [2.24, 2.45) is 5.10 Å². The van der Waals surface area contributed by atoms with E-state index in [1.165, 1.54) is 42.6 Å². The number of non-ortho nitro benzene ring substituents is 1. The van der Waals surface area contributed by atoms with Crippen molar-refractivity contribution in [3.8, 4) is 17.4 Å². The first-order chi connectivity index (χ1) is 14.9. The molecule has 3 rings (SSSR count). The van der Waals surface area contributed by atoms with Gasteiger partial charge in [-0.3, -0.25) is 19.7 Å². The fourth-order valence-electron chi connectivity index (χ4n) is 2.63. The van der Waals surface area contributed by atoms with Gasteiger partial charge in [0, 0.05) is 23.4 Å². The number of aryl methyl sites for hydroxylation is 1. The van der Waals surface area contributed by atoms with E-state index in [2.05, 4.69) is 15.8 Å². The molecule has 0 unspecified atom stereocenters. The normalized spacial score (nSPS) is 10.5. The molecule has 154 valence electrons. The fourth-order valence-corrected chi connectivity index (χ4v) is 2.63. The third kappa shape index (κ3) is 5.18. The Bertz CT molecular complexity index is 1220. The third-order valence-corrected chi connectivity index (χ3v) is 4.15. The first-order valence-electron chi connectivity index (χ1n) is 8.87. The van der Waals surface area contributed by atoms with Crippen molar-refractivity contribution >= 4 is 29.4 Å². The van der Waals surface area contributed by atoms with Gasteiger partial charge in [0.1, 0.15) is 11.5 Å². The summed E-state index contributed by atoms with van der Waals surface area (Å²) in [6.07, 6.45) is 1.22. The Morgan fingerprint density at radius 3 is 2.52 bits per heavy atom. The van der Waals surface area contributed by atoms with Gasteiger partial charge in [0.2, 0.25) is 0 Å². The van der Waals surface area contributed by atoms with Crippen LogP contribution in [0, 0.1) is 28.4 Å². The standard InChI is InChI=1S/C21H15N5O5/c1-13-10-16(26(29)30)6-8-18(13)19-9-7-17(31-19)12-23-25-21(28)20(27)24-15-4-2-14(11-22)3-5-15/h2-10,12H,1H3,(H,24,27)(H,25,28). The summed E-state index contributed by atoms with van der Waals surface area (Å²) in [5.74, 6) is -1.14. The summed E-state index contributed by atoms with van der Waals surface area (Å²) in [6.45, 7) is 1.73. The molecule has 0 aliphatic carbocycles. The van der Waals surface area contributed by atoms with Gasteiger partial charge >= 0.3 is 11.8 Å². The van der Waals surface area contributed by atoms with Crippen molar-refractivity contribution in [1.29, 1.82) is 5.26 Å². The first-order valence-corrected chi connectivity index (χ1v) is 8.87. The summed E-state index contributed by atoms with van der Waals surface area (Å²) in [7, 11) is 0. The Hall–Kier alpha value is -4.78. The summed E-state index contributed by atoms with van der Waals surface area (Å²) in [6, 6.07) is 15.6. The topological polar surface area (TPSA) is 151 Å². The van der Waals surface area contributed by atoms with Crippen LogP contribution in [0.25, 0.3) is 11.3 Å². The van der Waals surface area contributed by atoms with E-state index in [-0.39, 0.29) is 5.69 Å². The number of anilines is 1. The van der Waals surface area contributed by atoms with E-state index in [0.29, 0.717) is 33.9 Å². The Morgan fingerprint density at radius 2 is 1.87 bits per heavy atom. The Balaban J connectivity index is 1.59. The minimum absolute atomic E-state index is 0.0170. The number of furan rings is 1. The Morgan fingerprint density at radius 1 is 1.13 bits per heavy atom. The quantitative estimate of drug-likeness (QED) is 0.282. The number of nitrogens with zero attached hydrogens (tertiary/aromatic N) is 3. The van der Waals surface area contributed by atoms with Crippen molar-refractivity contribution in [1.82, 2.24) is 5.43 Å². The van der Waals surface area contributed by atoms with E-state index < -0.39 is 16.7 Å². The molecule has 2 amide bonds. The molecule has 0 radical (unpaired) electrons. The van der Waals surface area contributed by atoms with Crippen LogP contribution in [0.3, 0.4) is 0 Å². The highest BCUT2D eigenvalue weighted by Gasteiger charge is 2.14. The zero-order chi connectivity index (χ0) is 22.4. The smallest absolute Gasteiger partial charge is 0.329 e. The second-order valence-electron chi connectivity index (χ2n) is 6.30. The first kappa shape index (κ1) is 20.9. The molecule has 2 N–H and O–H groups in total. The maximum Gasteiger partial charge on any atom is 0.329 e. The molecule has 0 atom stereocenters. The number of hydrazone groups is 1. The monoisotopic (exact) mass is 417 g/mol. The molecule has 0 saturated carbocycles. The predicted molar refractivity (Wildman–Crippen MR) is 111 cm³/mol. The Labute approximate surface area is 175 Å². The zero-order valence-electron chi connectivity index (χ0n) is 16.2. The molecule has 0 fully saturated rings. The van der Waals surface area contributed by atoms with Crippen LogP contribution in [0.2, 0.25) is 0 Å². The van der Waals surface area contributed by atoms with E-state index in [1.807, 2.05) is 6.07 Å². The van der Waals surface area contributed by atoms with Gasteiger partial charge in [-0.15, -0.1) is 0 Å². The highest BCUT2D eigenvalue weighted by atomic mass is 16.6. The second-order valence-corrected chi connectivity index (χ2v) is 6.30. The minimum Gasteiger partial charge on any atom is -0.455 e. The summed E-state index contributed by atoms with van der Waals surface area (Å²) in [5.41, 5.74) is 4.19. The summed E-state index contributed by atoms with van der Waals surface area (Å²) in [5, 5.41) is 25.7. The molecule has 31 heavy (non-hydrogen) atoms. The molecule has 10 heteroatoms. The van der Waals surface area contributed by atoms with Gasteiger partial charge < -0.3 is 9.73 Å². The molecule has 1 heterocycles. The molecule has 2 aromatic carbocycles. The fraction of sp³-hybridized carbons (Fsp3) is 0.0476. The van der Waals surface area contributed by atoms with Gasteiger partial charge in [-0.05, 0) is 55.0 Å². The van der Waals surface area contributed by atoms with Crippen molar-refractivity contribution < 1.29 is 18.9 Å². The van der Waals surface area contributed by atoms with Crippen LogP contribution in [-0.2, 0) is 9.59 Å².